The van der Waals surface area contributed by atoms with Crippen LogP contribution >= 0.6 is 12.4 Å². The van der Waals surface area contributed by atoms with Crippen molar-refractivity contribution in [3.63, 3.8) is 0 Å². The molecule has 0 saturated carbocycles. The fourth-order valence-corrected chi connectivity index (χ4v) is 2.00. The van der Waals surface area contributed by atoms with Gasteiger partial charge >= 0.3 is 0 Å². The Morgan fingerprint density at radius 1 is 1.37 bits per heavy atom. The maximum Gasteiger partial charge on any atom is 0.237 e. The van der Waals surface area contributed by atoms with Crippen molar-refractivity contribution < 1.29 is 9.53 Å². The SMILES string of the molecule is CC(C)[C@H](N)C(=O)NCC(C)(C)N1CCOCC1.Cl. The van der Waals surface area contributed by atoms with E-state index in [0.717, 1.165) is 26.3 Å². The number of carbonyl (C=O) groups excluding carboxylic acids is 1. The van der Waals surface area contributed by atoms with Crippen LogP contribution in [0.5, 0.6) is 0 Å². The van der Waals surface area contributed by atoms with Crippen LogP contribution < -0.4 is 11.1 Å². The molecule has 1 heterocycles. The second kappa shape index (κ2) is 8.04. The standard InChI is InChI=1S/C13H27N3O2.ClH/c1-10(2)11(14)12(17)15-9-13(3,4)16-5-7-18-8-6-16;/h10-11H,5-9,14H2,1-4H3,(H,15,17);1H/t11-;/m0./s1. The van der Waals surface area contributed by atoms with Gasteiger partial charge < -0.3 is 15.8 Å². The van der Waals surface area contributed by atoms with Gasteiger partial charge in [0.1, 0.15) is 0 Å². The van der Waals surface area contributed by atoms with Gasteiger partial charge in [0.15, 0.2) is 0 Å². The number of nitrogens with one attached hydrogen (secondary N) is 1. The molecule has 1 amide bonds. The van der Waals surface area contributed by atoms with Crippen LogP contribution in [0.15, 0.2) is 0 Å². The summed E-state index contributed by atoms with van der Waals surface area (Å²) in [7, 11) is 0. The molecular weight excluding hydrogens is 266 g/mol. The maximum atomic E-state index is 11.8. The fourth-order valence-electron chi connectivity index (χ4n) is 2.00. The number of nitrogens with zero attached hydrogens (tertiary/aromatic N) is 1. The summed E-state index contributed by atoms with van der Waals surface area (Å²) in [6, 6.07) is -0.425. The van der Waals surface area contributed by atoms with Crippen LogP contribution in [0.25, 0.3) is 0 Å². The van der Waals surface area contributed by atoms with Gasteiger partial charge in [-0.15, -0.1) is 12.4 Å². The summed E-state index contributed by atoms with van der Waals surface area (Å²) < 4.78 is 5.34. The molecule has 114 valence electrons. The molecule has 1 rings (SSSR count). The van der Waals surface area contributed by atoms with E-state index in [4.69, 9.17) is 10.5 Å². The number of hydrogen-bond acceptors (Lipinski definition) is 4. The lowest BCUT2D eigenvalue weighted by molar-refractivity contribution is -0.124. The highest BCUT2D eigenvalue weighted by atomic mass is 35.5. The molecule has 1 atom stereocenters. The number of morpholine rings is 1. The predicted molar refractivity (Wildman–Crippen MR) is 79.5 cm³/mol. The van der Waals surface area contributed by atoms with E-state index < -0.39 is 6.04 Å². The molecule has 0 aromatic heterocycles. The Hall–Kier alpha value is -0.360. The van der Waals surface area contributed by atoms with Crippen LogP contribution in [0.2, 0.25) is 0 Å². The molecule has 0 bridgehead atoms. The number of amides is 1. The average Bonchev–Trinajstić information content (AvgIpc) is 2.36. The lowest BCUT2D eigenvalue weighted by atomic mass is 10.0. The van der Waals surface area contributed by atoms with Crippen molar-refractivity contribution in [2.24, 2.45) is 11.7 Å². The Labute approximate surface area is 122 Å². The van der Waals surface area contributed by atoms with E-state index >= 15 is 0 Å². The van der Waals surface area contributed by atoms with Crippen LogP contribution in [-0.4, -0.2) is 55.2 Å². The summed E-state index contributed by atoms with van der Waals surface area (Å²) in [5, 5.41) is 2.95. The lowest BCUT2D eigenvalue weighted by Gasteiger charge is -2.41. The van der Waals surface area contributed by atoms with Crippen LogP contribution in [0.3, 0.4) is 0 Å². The molecule has 0 radical (unpaired) electrons. The van der Waals surface area contributed by atoms with Crippen LogP contribution in [0.4, 0.5) is 0 Å². The van der Waals surface area contributed by atoms with E-state index in [1.807, 2.05) is 13.8 Å². The molecular formula is C13H28ClN3O2. The van der Waals surface area contributed by atoms with Gasteiger partial charge in [0.25, 0.3) is 0 Å². The van der Waals surface area contributed by atoms with Crippen molar-refractivity contribution in [2.75, 3.05) is 32.8 Å². The van der Waals surface area contributed by atoms with Crippen molar-refractivity contribution in [2.45, 2.75) is 39.3 Å². The topological polar surface area (TPSA) is 67.6 Å². The van der Waals surface area contributed by atoms with Gasteiger partial charge in [0.05, 0.1) is 19.3 Å². The zero-order valence-corrected chi connectivity index (χ0v) is 13.3. The highest BCUT2D eigenvalue weighted by molar-refractivity contribution is 5.85. The number of nitrogens with two attached hydrogens (primary N) is 1. The Bertz CT molecular complexity index is 279. The molecule has 0 spiro atoms. The lowest BCUT2D eigenvalue weighted by Crippen LogP contribution is -2.57. The first kappa shape index (κ1) is 18.6. The molecule has 6 heteroatoms. The minimum Gasteiger partial charge on any atom is -0.379 e. The number of halogens is 1. The third-order valence-corrected chi connectivity index (χ3v) is 3.58. The highest BCUT2D eigenvalue weighted by Crippen LogP contribution is 2.15. The normalized spacial score (nSPS) is 18.8. The first-order valence-corrected chi connectivity index (χ1v) is 6.70. The summed E-state index contributed by atoms with van der Waals surface area (Å²) in [5.41, 5.74) is 5.76. The molecule has 0 aromatic carbocycles. The number of carbonyl (C=O) groups is 1. The van der Waals surface area contributed by atoms with Crippen molar-refractivity contribution in [3.05, 3.63) is 0 Å². The van der Waals surface area contributed by atoms with Crippen LogP contribution in [0, 0.1) is 5.92 Å². The molecule has 3 N–H and O–H groups in total. The first-order valence-electron chi connectivity index (χ1n) is 6.70. The fraction of sp³-hybridized carbons (Fsp3) is 0.923. The molecule has 0 unspecified atom stereocenters. The Kier molecular flexibility index (Phi) is 7.89. The third kappa shape index (κ3) is 5.65. The van der Waals surface area contributed by atoms with Crippen molar-refractivity contribution >= 4 is 18.3 Å². The summed E-state index contributed by atoms with van der Waals surface area (Å²) in [6.07, 6.45) is 0. The van der Waals surface area contributed by atoms with Gasteiger partial charge in [-0.05, 0) is 19.8 Å². The van der Waals surface area contributed by atoms with Gasteiger partial charge in [-0.3, -0.25) is 9.69 Å². The largest absolute Gasteiger partial charge is 0.379 e. The van der Waals surface area contributed by atoms with Gasteiger partial charge in [0, 0.05) is 25.2 Å². The summed E-state index contributed by atoms with van der Waals surface area (Å²) in [6.45, 7) is 12.2. The maximum absolute atomic E-state index is 11.8. The smallest absolute Gasteiger partial charge is 0.237 e. The van der Waals surface area contributed by atoms with Gasteiger partial charge in [-0.1, -0.05) is 13.8 Å². The van der Waals surface area contributed by atoms with E-state index in [1.165, 1.54) is 0 Å². The second-order valence-corrected chi connectivity index (χ2v) is 5.90. The van der Waals surface area contributed by atoms with Crippen molar-refractivity contribution in [3.8, 4) is 0 Å². The van der Waals surface area contributed by atoms with Crippen LogP contribution in [0.1, 0.15) is 27.7 Å². The van der Waals surface area contributed by atoms with E-state index in [-0.39, 0.29) is 29.8 Å². The minimum atomic E-state index is -0.425. The van der Waals surface area contributed by atoms with Gasteiger partial charge in [-0.25, -0.2) is 0 Å². The molecule has 1 saturated heterocycles. The monoisotopic (exact) mass is 293 g/mol. The molecule has 5 nitrogen and oxygen atoms in total. The van der Waals surface area contributed by atoms with Gasteiger partial charge in [-0.2, -0.15) is 0 Å². The molecule has 19 heavy (non-hydrogen) atoms. The third-order valence-electron chi connectivity index (χ3n) is 3.58. The summed E-state index contributed by atoms with van der Waals surface area (Å²) >= 11 is 0. The van der Waals surface area contributed by atoms with Gasteiger partial charge in [0.2, 0.25) is 5.91 Å². The number of ether oxygens (including phenoxy) is 1. The number of rotatable bonds is 5. The molecule has 1 fully saturated rings. The van der Waals surface area contributed by atoms with Crippen LogP contribution in [-0.2, 0) is 9.53 Å². The van der Waals surface area contributed by atoms with E-state index in [0.29, 0.717) is 6.54 Å². The van der Waals surface area contributed by atoms with E-state index in [1.54, 1.807) is 0 Å². The Balaban J connectivity index is 0.00000324. The molecule has 0 aliphatic carbocycles. The Morgan fingerprint density at radius 3 is 2.37 bits per heavy atom. The molecule has 1 aliphatic heterocycles. The first-order chi connectivity index (χ1) is 8.34. The highest BCUT2D eigenvalue weighted by Gasteiger charge is 2.29. The predicted octanol–water partition coefficient (Wildman–Crippen LogP) is 0.619. The minimum absolute atomic E-state index is 0. The van der Waals surface area contributed by atoms with Crippen molar-refractivity contribution in [1.29, 1.82) is 0 Å². The zero-order chi connectivity index (χ0) is 13.8. The summed E-state index contributed by atoms with van der Waals surface area (Å²) in [5.74, 6) is 0.0998. The Morgan fingerprint density at radius 2 is 1.89 bits per heavy atom. The zero-order valence-electron chi connectivity index (χ0n) is 12.4. The molecule has 1 aliphatic rings. The van der Waals surface area contributed by atoms with Crippen molar-refractivity contribution in [1.82, 2.24) is 10.2 Å². The average molecular weight is 294 g/mol. The number of hydrogen-bond donors (Lipinski definition) is 2. The second-order valence-electron chi connectivity index (χ2n) is 5.90. The van der Waals surface area contributed by atoms with E-state index in [9.17, 15) is 4.79 Å². The quantitative estimate of drug-likeness (QED) is 0.780. The van der Waals surface area contributed by atoms with E-state index in [2.05, 4.69) is 24.1 Å². The summed E-state index contributed by atoms with van der Waals surface area (Å²) in [4.78, 5) is 14.2. The molecule has 0 aromatic rings.